The Morgan fingerprint density at radius 3 is 2.26 bits per heavy atom. The first kappa shape index (κ1) is 12.3. The quantitative estimate of drug-likeness (QED) is 0.775. The van der Waals surface area contributed by atoms with E-state index in [1.165, 1.54) is 56.6 Å². The largest absolute Gasteiger partial charge is 0.302 e. The zero-order valence-corrected chi connectivity index (χ0v) is 12.4. The fraction of sp³-hybridized carbons (Fsp3) is 0.647. The van der Waals surface area contributed by atoms with Gasteiger partial charge in [-0.25, -0.2) is 0 Å². The average Bonchev–Trinajstić information content (AvgIpc) is 3.30. The van der Waals surface area contributed by atoms with Gasteiger partial charge in [0.2, 0.25) is 0 Å². The zero-order chi connectivity index (χ0) is 12.7. The zero-order valence-electron chi connectivity index (χ0n) is 11.6. The maximum atomic E-state index is 2.79. The summed E-state index contributed by atoms with van der Waals surface area (Å²) in [5, 5.41) is 0.801. The Balaban J connectivity index is 1.36. The van der Waals surface area contributed by atoms with E-state index in [0.717, 1.165) is 17.1 Å². The van der Waals surface area contributed by atoms with E-state index >= 15 is 0 Å². The van der Waals surface area contributed by atoms with Gasteiger partial charge in [-0.2, -0.15) is 0 Å². The highest BCUT2D eigenvalue weighted by molar-refractivity contribution is 8.00. The monoisotopic (exact) mass is 273 g/mol. The van der Waals surface area contributed by atoms with Crippen LogP contribution in [0.3, 0.4) is 0 Å². The van der Waals surface area contributed by atoms with Crippen LogP contribution in [0, 0.1) is 11.8 Å². The molecule has 102 valence electrons. The molecule has 1 heterocycles. The summed E-state index contributed by atoms with van der Waals surface area (Å²) >= 11 is 2.12. The summed E-state index contributed by atoms with van der Waals surface area (Å²) < 4.78 is 0. The molecule has 0 N–H and O–H groups in total. The molecule has 1 unspecified atom stereocenters. The molecule has 2 saturated carbocycles. The fourth-order valence-electron chi connectivity index (χ4n) is 3.20. The highest BCUT2D eigenvalue weighted by Crippen LogP contribution is 2.39. The van der Waals surface area contributed by atoms with E-state index in [-0.39, 0.29) is 0 Å². The van der Waals surface area contributed by atoms with E-state index in [2.05, 4.69) is 40.9 Å². The van der Waals surface area contributed by atoms with Gasteiger partial charge in [0.15, 0.2) is 0 Å². The van der Waals surface area contributed by atoms with Crippen LogP contribution in [0.5, 0.6) is 0 Å². The minimum Gasteiger partial charge on any atom is -0.302 e. The first-order chi connectivity index (χ1) is 9.37. The van der Waals surface area contributed by atoms with Crippen LogP contribution in [0.25, 0.3) is 0 Å². The smallest absolute Gasteiger partial charge is 0.0263 e. The molecule has 1 nitrogen and oxygen atoms in total. The van der Waals surface area contributed by atoms with Gasteiger partial charge < -0.3 is 4.90 Å². The summed E-state index contributed by atoms with van der Waals surface area (Å²) in [7, 11) is 0. The lowest BCUT2D eigenvalue weighted by molar-refractivity contribution is 0.253. The van der Waals surface area contributed by atoms with E-state index < -0.39 is 0 Å². The van der Waals surface area contributed by atoms with Crippen molar-refractivity contribution in [1.29, 1.82) is 0 Å². The molecule has 4 rings (SSSR count). The number of rotatable bonds is 6. The summed E-state index contributed by atoms with van der Waals surface area (Å²) in [6.45, 7) is 4.07. The van der Waals surface area contributed by atoms with Crippen LogP contribution in [0.15, 0.2) is 29.2 Å². The van der Waals surface area contributed by atoms with Crippen molar-refractivity contribution in [3.8, 4) is 0 Å². The Morgan fingerprint density at radius 2 is 1.63 bits per heavy atom. The van der Waals surface area contributed by atoms with Crippen LogP contribution in [0.4, 0.5) is 0 Å². The van der Waals surface area contributed by atoms with Gasteiger partial charge in [0, 0.05) is 29.8 Å². The lowest BCUT2D eigenvalue weighted by Crippen LogP contribution is -2.34. The van der Waals surface area contributed by atoms with Gasteiger partial charge in [0.05, 0.1) is 0 Å². The molecule has 3 aliphatic rings. The second-order valence-corrected chi connectivity index (χ2v) is 8.00. The van der Waals surface area contributed by atoms with E-state index in [0.29, 0.717) is 0 Å². The maximum absolute atomic E-state index is 2.79. The summed E-state index contributed by atoms with van der Waals surface area (Å²) in [5.74, 6) is 2.07. The molecule has 0 saturated heterocycles. The molecular weight excluding hydrogens is 250 g/mol. The molecule has 0 amide bonds. The van der Waals surface area contributed by atoms with Crippen molar-refractivity contribution in [2.24, 2.45) is 11.8 Å². The van der Waals surface area contributed by atoms with Crippen LogP contribution >= 0.6 is 11.8 Å². The average molecular weight is 273 g/mol. The first-order valence-corrected chi connectivity index (χ1v) is 8.72. The van der Waals surface area contributed by atoms with Crippen molar-refractivity contribution in [1.82, 2.24) is 4.90 Å². The number of hydrogen-bond donors (Lipinski definition) is 0. The minimum atomic E-state index is 0.801. The Kier molecular flexibility index (Phi) is 3.32. The molecule has 1 aliphatic heterocycles. The molecular formula is C17H23NS. The third-order valence-corrected chi connectivity index (χ3v) is 5.90. The number of nitrogens with zero attached hydrogens (tertiary/aromatic N) is 1. The standard InChI is InChI=1S/C17H23NS/c1-2-4-17-15(3-1)9-16(19-17)12-18(10-13-5-6-13)11-14-7-8-14/h1-4,13-14,16H,5-12H2. The summed E-state index contributed by atoms with van der Waals surface area (Å²) in [5.41, 5.74) is 1.58. The van der Waals surface area contributed by atoms with E-state index in [9.17, 15) is 0 Å². The van der Waals surface area contributed by atoms with Crippen molar-refractivity contribution in [3.63, 3.8) is 0 Å². The van der Waals surface area contributed by atoms with Crippen molar-refractivity contribution in [2.45, 2.75) is 42.2 Å². The Morgan fingerprint density at radius 1 is 0.947 bits per heavy atom. The molecule has 0 radical (unpaired) electrons. The van der Waals surface area contributed by atoms with E-state index in [1.807, 2.05) is 0 Å². The highest BCUT2D eigenvalue weighted by Gasteiger charge is 2.31. The molecule has 2 fully saturated rings. The van der Waals surface area contributed by atoms with Crippen LogP contribution in [0.1, 0.15) is 31.2 Å². The third kappa shape index (κ3) is 3.17. The molecule has 1 aromatic carbocycles. The minimum absolute atomic E-state index is 0.801. The predicted molar refractivity (Wildman–Crippen MR) is 81.7 cm³/mol. The topological polar surface area (TPSA) is 3.24 Å². The Hall–Kier alpha value is -0.470. The van der Waals surface area contributed by atoms with Crippen LogP contribution in [0.2, 0.25) is 0 Å². The SMILES string of the molecule is c1ccc2c(c1)CC(CN(CC1CC1)CC1CC1)S2. The second kappa shape index (κ2) is 5.14. The molecule has 1 atom stereocenters. The van der Waals surface area contributed by atoms with Crippen molar-refractivity contribution in [3.05, 3.63) is 29.8 Å². The first-order valence-electron chi connectivity index (χ1n) is 7.84. The summed E-state index contributed by atoms with van der Waals surface area (Å²) in [6, 6.07) is 8.98. The summed E-state index contributed by atoms with van der Waals surface area (Å²) in [6.07, 6.45) is 7.23. The molecule has 0 spiro atoms. The number of fused-ring (bicyclic) bond motifs is 1. The number of benzene rings is 1. The van der Waals surface area contributed by atoms with Gasteiger partial charge in [-0.15, -0.1) is 11.8 Å². The molecule has 1 aromatic rings. The second-order valence-electron chi connectivity index (χ2n) is 6.66. The molecule has 2 heteroatoms. The lowest BCUT2D eigenvalue weighted by Gasteiger charge is -2.25. The normalized spacial score (nSPS) is 25.8. The molecule has 2 aliphatic carbocycles. The van der Waals surface area contributed by atoms with Gasteiger partial charge in [-0.1, -0.05) is 18.2 Å². The number of thioether (sulfide) groups is 1. The van der Waals surface area contributed by atoms with Crippen LogP contribution < -0.4 is 0 Å². The van der Waals surface area contributed by atoms with Gasteiger partial charge in [-0.3, -0.25) is 0 Å². The predicted octanol–water partition coefficient (Wildman–Crippen LogP) is 3.83. The van der Waals surface area contributed by atoms with Crippen molar-refractivity contribution >= 4 is 11.8 Å². The van der Waals surface area contributed by atoms with Crippen LogP contribution in [-0.2, 0) is 6.42 Å². The number of hydrogen-bond acceptors (Lipinski definition) is 2. The third-order valence-electron chi connectivity index (χ3n) is 4.60. The van der Waals surface area contributed by atoms with Crippen molar-refractivity contribution in [2.75, 3.05) is 19.6 Å². The molecule has 0 bridgehead atoms. The van der Waals surface area contributed by atoms with E-state index in [1.54, 1.807) is 5.56 Å². The Bertz CT molecular complexity index is 411. The highest BCUT2D eigenvalue weighted by atomic mass is 32.2. The fourth-order valence-corrected chi connectivity index (χ4v) is 4.57. The van der Waals surface area contributed by atoms with E-state index in [4.69, 9.17) is 0 Å². The molecule has 19 heavy (non-hydrogen) atoms. The Labute approximate surface area is 120 Å². The summed E-state index contributed by atoms with van der Waals surface area (Å²) in [4.78, 5) is 4.32. The van der Waals surface area contributed by atoms with Gasteiger partial charge in [-0.05, 0) is 55.6 Å². The van der Waals surface area contributed by atoms with Crippen molar-refractivity contribution < 1.29 is 0 Å². The van der Waals surface area contributed by atoms with Crippen LogP contribution in [-0.4, -0.2) is 29.8 Å². The van der Waals surface area contributed by atoms with Gasteiger partial charge in [0.1, 0.15) is 0 Å². The molecule has 0 aromatic heterocycles. The van der Waals surface area contributed by atoms with Gasteiger partial charge in [0.25, 0.3) is 0 Å². The lowest BCUT2D eigenvalue weighted by atomic mass is 10.1. The van der Waals surface area contributed by atoms with Gasteiger partial charge >= 0.3 is 0 Å². The maximum Gasteiger partial charge on any atom is 0.0263 e.